The fraction of sp³-hybridized carbons (Fsp3) is 0.400. The van der Waals surface area contributed by atoms with Crippen molar-refractivity contribution in [2.24, 2.45) is 5.41 Å². The first kappa shape index (κ1) is 21.1. The van der Waals surface area contributed by atoms with Gasteiger partial charge in [-0.15, -0.1) is 0 Å². The van der Waals surface area contributed by atoms with Gasteiger partial charge in [-0.1, -0.05) is 81.4 Å². The molecular weight excluding hydrogens is 362 g/mol. The summed E-state index contributed by atoms with van der Waals surface area (Å²) in [6, 6.07) is 20.2. The molecule has 2 aromatic rings. The van der Waals surface area contributed by atoms with E-state index in [9.17, 15) is 4.79 Å². The van der Waals surface area contributed by atoms with Crippen molar-refractivity contribution in [1.82, 2.24) is 4.90 Å². The minimum Gasteiger partial charge on any atom is -0.501 e. The van der Waals surface area contributed by atoms with Crippen LogP contribution in [0, 0.1) is 5.41 Å². The molecule has 0 aromatic heterocycles. The molecule has 1 heterocycles. The fourth-order valence-corrected chi connectivity index (χ4v) is 3.85. The van der Waals surface area contributed by atoms with Crippen LogP contribution in [0.5, 0.6) is 0 Å². The molecule has 2 atom stereocenters. The van der Waals surface area contributed by atoms with Gasteiger partial charge in [-0.25, -0.2) is 0 Å². The van der Waals surface area contributed by atoms with Gasteiger partial charge in [0, 0.05) is 19.0 Å². The third-order valence-electron chi connectivity index (χ3n) is 5.31. The van der Waals surface area contributed by atoms with E-state index >= 15 is 0 Å². The smallest absolute Gasteiger partial charge is 0.250 e. The first-order chi connectivity index (χ1) is 13.9. The second-order valence-electron chi connectivity index (χ2n) is 8.62. The SMILES string of the molecule is COC1=CC(=O)N(Cc2ccccc2)C([C@@H](OCc2ccccc2)C(C)(C)C)C1. The van der Waals surface area contributed by atoms with Gasteiger partial charge >= 0.3 is 0 Å². The third-order valence-corrected chi connectivity index (χ3v) is 5.31. The number of amides is 1. The molecule has 154 valence electrons. The quantitative estimate of drug-likeness (QED) is 0.668. The molecule has 1 amide bonds. The van der Waals surface area contributed by atoms with E-state index in [0.29, 0.717) is 25.3 Å². The Morgan fingerprint density at radius 1 is 1.00 bits per heavy atom. The van der Waals surface area contributed by atoms with Gasteiger partial charge in [-0.2, -0.15) is 0 Å². The topological polar surface area (TPSA) is 38.8 Å². The van der Waals surface area contributed by atoms with E-state index < -0.39 is 0 Å². The molecular formula is C25H31NO3. The number of methoxy groups -OCH3 is 1. The number of benzene rings is 2. The van der Waals surface area contributed by atoms with E-state index in [2.05, 4.69) is 45.0 Å². The molecule has 0 fully saturated rings. The molecule has 0 spiro atoms. The summed E-state index contributed by atoms with van der Waals surface area (Å²) in [6.07, 6.45) is 2.11. The highest BCUT2D eigenvalue weighted by Crippen LogP contribution is 2.34. The summed E-state index contributed by atoms with van der Waals surface area (Å²) in [5.74, 6) is 0.682. The summed E-state index contributed by atoms with van der Waals surface area (Å²) in [7, 11) is 1.62. The molecule has 1 unspecified atom stereocenters. The number of nitrogens with zero attached hydrogens (tertiary/aromatic N) is 1. The van der Waals surface area contributed by atoms with Crippen molar-refractivity contribution >= 4 is 5.91 Å². The Hall–Kier alpha value is -2.59. The van der Waals surface area contributed by atoms with Crippen LogP contribution in [0.2, 0.25) is 0 Å². The predicted molar refractivity (Wildman–Crippen MR) is 115 cm³/mol. The lowest BCUT2D eigenvalue weighted by Crippen LogP contribution is -2.53. The Labute approximate surface area is 174 Å². The zero-order valence-electron chi connectivity index (χ0n) is 17.8. The van der Waals surface area contributed by atoms with Crippen LogP contribution < -0.4 is 0 Å². The van der Waals surface area contributed by atoms with E-state index in [1.54, 1.807) is 13.2 Å². The Kier molecular flexibility index (Phi) is 6.75. The maximum absolute atomic E-state index is 13.0. The fourth-order valence-electron chi connectivity index (χ4n) is 3.85. The summed E-state index contributed by atoms with van der Waals surface area (Å²) >= 11 is 0. The summed E-state index contributed by atoms with van der Waals surface area (Å²) < 4.78 is 11.9. The number of hydrogen-bond acceptors (Lipinski definition) is 3. The van der Waals surface area contributed by atoms with Crippen molar-refractivity contribution in [2.45, 2.75) is 52.5 Å². The molecule has 29 heavy (non-hydrogen) atoms. The minimum atomic E-state index is -0.148. The molecule has 0 aliphatic carbocycles. The molecule has 2 aromatic carbocycles. The van der Waals surface area contributed by atoms with Crippen LogP contribution in [0.4, 0.5) is 0 Å². The second kappa shape index (κ2) is 9.27. The lowest BCUT2D eigenvalue weighted by Gasteiger charge is -2.44. The normalized spacial score (nSPS) is 18.3. The average Bonchev–Trinajstić information content (AvgIpc) is 2.70. The number of carbonyl (C=O) groups excluding carboxylic acids is 1. The van der Waals surface area contributed by atoms with Gasteiger partial charge in [0.25, 0.3) is 5.91 Å². The lowest BCUT2D eigenvalue weighted by atomic mass is 9.81. The van der Waals surface area contributed by atoms with Gasteiger partial charge in [0.15, 0.2) is 0 Å². The number of hydrogen-bond donors (Lipinski definition) is 0. The van der Waals surface area contributed by atoms with Crippen LogP contribution in [-0.4, -0.2) is 30.1 Å². The molecule has 0 saturated heterocycles. The number of carbonyl (C=O) groups is 1. The van der Waals surface area contributed by atoms with Crippen molar-refractivity contribution in [2.75, 3.05) is 7.11 Å². The lowest BCUT2D eigenvalue weighted by molar-refractivity contribution is -0.141. The molecule has 0 N–H and O–H groups in total. The van der Waals surface area contributed by atoms with Crippen LogP contribution in [0.1, 0.15) is 38.3 Å². The molecule has 0 saturated carbocycles. The molecule has 3 rings (SSSR count). The highest BCUT2D eigenvalue weighted by molar-refractivity contribution is 5.89. The summed E-state index contributed by atoms with van der Waals surface area (Å²) in [5.41, 5.74) is 2.09. The minimum absolute atomic E-state index is 0.0282. The van der Waals surface area contributed by atoms with E-state index in [4.69, 9.17) is 9.47 Å². The standard InChI is InChI=1S/C25H31NO3/c1-25(2,3)24(29-18-20-13-9-6-10-14-20)22-15-21(28-4)16-23(27)26(22)17-19-11-7-5-8-12-19/h5-14,16,22,24H,15,17-18H2,1-4H3/t22?,24-/m1/s1. The largest absolute Gasteiger partial charge is 0.501 e. The van der Waals surface area contributed by atoms with Crippen molar-refractivity contribution in [1.29, 1.82) is 0 Å². The maximum Gasteiger partial charge on any atom is 0.250 e. The van der Waals surface area contributed by atoms with Crippen molar-refractivity contribution < 1.29 is 14.3 Å². The zero-order chi connectivity index (χ0) is 20.9. The van der Waals surface area contributed by atoms with Crippen LogP contribution in [0.15, 0.2) is 72.5 Å². The van der Waals surface area contributed by atoms with E-state index in [1.807, 2.05) is 41.3 Å². The van der Waals surface area contributed by atoms with Gasteiger partial charge in [-0.05, 0) is 16.5 Å². The molecule has 0 radical (unpaired) electrons. The van der Waals surface area contributed by atoms with Crippen molar-refractivity contribution in [3.63, 3.8) is 0 Å². The summed E-state index contributed by atoms with van der Waals surface area (Å²) in [6.45, 7) is 7.56. The molecule has 4 heteroatoms. The molecule has 0 bridgehead atoms. The Bertz CT molecular complexity index is 824. The third kappa shape index (κ3) is 5.48. The van der Waals surface area contributed by atoms with E-state index in [1.165, 1.54) is 0 Å². The van der Waals surface area contributed by atoms with Gasteiger partial charge in [0.05, 0.1) is 25.9 Å². The highest BCUT2D eigenvalue weighted by atomic mass is 16.5. The van der Waals surface area contributed by atoms with Gasteiger partial charge in [0.1, 0.15) is 5.76 Å². The highest BCUT2D eigenvalue weighted by Gasteiger charge is 2.41. The van der Waals surface area contributed by atoms with E-state index in [0.717, 1.165) is 11.1 Å². The van der Waals surface area contributed by atoms with E-state index in [-0.39, 0.29) is 23.5 Å². The van der Waals surface area contributed by atoms with Crippen LogP contribution in [0.3, 0.4) is 0 Å². The first-order valence-corrected chi connectivity index (χ1v) is 10.1. The van der Waals surface area contributed by atoms with Crippen LogP contribution >= 0.6 is 0 Å². The van der Waals surface area contributed by atoms with Gasteiger partial charge in [-0.3, -0.25) is 4.79 Å². The van der Waals surface area contributed by atoms with Crippen molar-refractivity contribution in [3.05, 3.63) is 83.6 Å². The summed E-state index contributed by atoms with van der Waals surface area (Å²) in [5, 5.41) is 0. The Morgan fingerprint density at radius 3 is 2.14 bits per heavy atom. The first-order valence-electron chi connectivity index (χ1n) is 10.1. The van der Waals surface area contributed by atoms with Crippen molar-refractivity contribution in [3.8, 4) is 0 Å². The average molecular weight is 394 g/mol. The molecule has 1 aliphatic rings. The van der Waals surface area contributed by atoms with Crippen LogP contribution in [-0.2, 0) is 27.4 Å². The van der Waals surface area contributed by atoms with Gasteiger partial charge in [0.2, 0.25) is 0 Å². The number of rotatable bonds is 7. The second-order valence-corrected chi connectivity index (χ2v) is 8.62. The van der Waals surface area contributed by atoms with Crippen LogP contribution in [0.25, 0.3) is 0 Å². The van der Waals surface area contributed by atoms with Gasteiger partial charge < -0.3 is 14.4 Å². The maximum atomic E-state index is 13.0. The summed E-state index contributed by atoms with van der Waals surface area (Å²) in [4.78, 5) is 14.9. The monoisotopic (exact) mass is 393 g/mol. The zero-order valence-corrected chi connectivity index (χ0v) is 17.8. The Morgan fingerprint density at radius 2 is 1.59 bits per heavy atom. The molecule has 4 nitrogen and oxygen atoms in total. The molecule has 1 aliphatic heterocycles. The Balaban J connectivity index is 1.88. The number of ether oxygens (including phenoxy) is 2. The predicted octanol–water partition coefficient (Wildman–Crippen LogP) is 4.95.